The molecule has 0 aliphatic heterocycles. The van der Waals surface area contributed by atoms with Gasteiger partial charge >= 0.3 is 21.1 Å². The predicted octanol–water partition coefficient (Wildman–Crippen LogP) is -5.93. The summed E-state index contributed by atoms with van der Waals surface area (Å²) in [4.78, 5) is 0. The van der Waals surface area contributed by atoms with E-state index in [0.29, 0.717) is 0 Å². The fourth-order valence-corrected chi connectivity index (χ4v) is 0. The average Bonchev–Trinajstić information content (AvgIpc) is 0.811. The summed E-state index contributed by atoms with van der Waals surface area (Å²) in [5, 5.41) is 0. The molecular weight excluding hydrogens is 319 g/mol. The van der Waals surface area contributed by atoms with E-state index in [1.165, 1.54) is 0 Å². The van der Waals surface area contributed by atoms with Gasteiger partial charge in [0.1, 0.15) is 0 Å². The van der Waals surface area contributed by atoms with Gasteiger partial charge in [0.25, 0.3) is 0 Å². The smallest absolute Gasteiger partial charge is 0.396 e. The van der Waals surface area contributed by atoms with Crippen LogP contribution in [-0.4, -0.2) is 3.44 Å². The Labute approximate surface area is 71.0 Å². The Morgan fingerprint density at radius 3 is 1.40 bits per heavy atom. The summed E-state index contributed by atoms with van der Waals surface area (Å²) in [6, 6.07) is 0. The first-order chi connectivity index (χ1) is 1.73. The Morgan fingerprint density at radius 2 is 1.40 bits per heavy atom. The molecule has 0 rings (SSSR count). The van der Waals surface area contributed by atoms with E-state index >= 15 is 0 Å². The Morgan fingerprint density at radius 1 is 1.40 bits per heavy atom. The normalized spacial score (nSPS) is 7.20. The molecule has 5 heteroatoms. The monoisotopic (exact) mass is 318 g/mol. The Balaban J connectivity index is 0. The van der Waals surface area contributed by atoms with E-state index in [2.05, 4.69) is 0 Å². The molecule has 0 aromatic rings. The third-order valence-corrected chi connectivity index (χ3v) is 0. The minimum absolute atomic E-state index is 0. The quantitative estimate of drug-likeness (QED) is 0.452. The Bertz CT molecular complexity index is 11.6. The third-order valence-electron chi connectivity index (χ3n) is 0. The first-order valence-electron chi connectivity index (χ1n) is 0.478. The van der Waals surface area contributed by atoms with Crippen LogP contribution in [0, 0.1) is 40.8 Å². The predicted molar refractivity (Wildman–Crippen MR) is 2.22 cm³/mol. The molecule has 3 nitrogen and oxygen atoms in total. The molecule has 0 aromatic carbocycles. The van der Waals surface area contributed by atoms with Crippen molar-refractivity contribution in [3.63, 3.8) is 0 Å². The van der Waals surface area contributed by atoms with Crippen molar-refractivity contribution in [2.45, 2.75) is 0 Å². The van der Waals surface area contributed by atoms with Crippen LogP contribution >= 0.6 is 0 Å². The molecule has 30 valence electrons. The average molecular weight is 320 g/mol. The molecule has 0 amide bonds. The van der Waals surface area contributed by atoms with Crippen molar-refractivity contribution in [1.82, 2.24) is 0 Å². The standard InChI is InChI=1S/HIO3.Nd/c2-1(3)4;/h2H;. The molecule has 0 aliphatic rings. The van der Waals surface area contributed by atoms with Crippen LogP contribution in [-0.2, 0) is 0 Å². The second-order valence-corrected chi connectivity index (χ2v) is 1.35. The molecule has 0 aromatic heterocycles. The van der Waals surface area contributed by atoms with Crippen LogP contribution in [0.25, 0.3) is 0 Å². The summed E-state index contributed by atoms with van der Waals surface area (Å²) in [6.07, 6.45) is 0. The van der Waals surface area contributed by atoms with Crippen molar-refractivity contribution < 1.29 is 72.2 Å². The number of rotatable bonds is 0. The van der Waals surface area contributed by atoms with Crippen LogP contribution in [0.2, 0.25) is 0 Å². The van der Waals surface area contributed by atoms with E-state index in [4.69, 9.17) is 10.3 Å². The van der Waals surface area contributed by atoms with E-state index in [-0.39, 0.29) is 40.8 Å². The van der Waals surface area contributed by atoms with Crippen molar-refractivity contribution in [2.24, 2.45) is 0 Å². The first-order valence-corrected chi connectivity index (χ1v) is 3.20. The molecular formula is HINdO3. The molecule has 0 spiro atoms. The number of hydrogen-bond acceptors (Lipinski definition) is 3. The molecule has 0 bridgehead atoms. The molecule has 0 unspecified atom stereocenters. The molecule has 0 heterocycles. The van der Waals surface area contributed by atoms with Gasteiger partial charge in [-0.05, 0) is 3.44 Å². The summed E-state index contributed by atoms with van der Waals surface area (Å²) in [5.74, 6) is 0. The van der Waals surface area contributed by atoms with Crippen molar-refractivity contribution in [3.05, 3.63) is 0 Å². The zero-order valence-corrected chi connectivity index (χ0v) is 7.51. The Hall–Kier alpha value is 1.96. The van der Waals surface area contributed by atoms with Gasteiger partial charge in [-0.25, -0.2) is 0 Å². The van der Waals surface area contributed by atoms with Crippen molar-refractivity contribution in [2.75, 3.05) is 0 Å². The van der Waals surface area contributed by atoms with Gasteiger partial charge in [0.05, 0.1) is 0 Å². The van der Waals surface area contributed by atoms with Gasteiger partial charge in [-0.1, -0.05) is 0 Å². The molecule has 0 saturated heterocycles. The second kappa shape index (κ2) is 5.96. The number of halogens is 1. The maximum atomic E-state index is 8.68. The van der Waals surface area contributed by atoms with Crippen molar-refractivity contribution >= 4 is 0 Å². The van der Waals surface area contributed by atoms with Gasteiger partial charge in [0.2, 0.25) is 0 Å². The summed E-state index contributed by atoms with van der Waals surface area (Å²) >= 11 is -3.76. The van der Waals surface area contributed by atoms with Gasteiger partial charge in [0, 0.05) is 40.8 Å². The molecule has 0 atom stereocenters. The molecule has 0 aliphatic carbocycles. The number of hydrogen-bond donors (Lipinski definition) is 1. The summed E-state index contributed by atoms with van der Waals surface area (Å²) in [5.41, 5.74) is 0. The molecule has 1 N–H and O–H groups in total. The van der Waals surface area contributed by atoms with Gasteiger partial charge < -0.3 is 6.87 Å². The van der Waals surface area contributed by atoms with E-state index in [1.54, 1.807) is 0 Å². The largest absolute Gasteiger partial charge is 0.503 e. The van der Waals surface area contributed by atoms with E-state index < -0.39 is 21.1 Å². The molecule has 0 radical (unpaired) electrons. The van der Waals surface area contributed by atoms with E-state index in [0.717, 1.165) is 0 Å². The van der Waals surface area contributed by atoms with Crippen LogP contribution in [0.1, 0.15) is 0 Å². The fourth-order valence-electron chi connectivity index (χ4n) is 0. The van der Waals surface area contributed by atoms with Crippen LogP contribution in [0.3, 0.4) is 0 Å². The second-order valence-electron chi connectivity index (χ2n) is 0.201. The van der Waals surface area contributed by atoms with Gasteiger partial charge in [0.15, 0.2) is 0 Å². The fraction of sp³-hybridized carbons (Fsp3) is 0. The SMILES string of the molecule is [Nd].[O-][I+2]([O-])O. The molecule has 5 heavy (non-hydrogen) atoms. The van der Waals surface area contributed by atoms with Crippen LogP contribution < -0.4 is 27.9 Å². The van der Waals surface area contributed by atoms with Gasteiger partial charge in [-0.2, -0.15) is 0 Å². The topological polar surface area (TPSA) is 66.3 Å². The maximum Gasteiger partial charge on any atom is 0.503 e. The van der Waals surface area contributed by atoms with Crippen LogP contribution in [0.5, 0.6) is 0 Å². The minimum Gasteiger partial charge on any atom is -0.396 e. The zero-order valence-electron chi connectivity index (χ0n) is 2.14. The minimum atomic E-state index is -3.76. The van der Waals surface area contributed by atoms with Crippen molar-refractivity contribution in [3.8, 4) is 0 Å². The maximum absolute atomic E-state index is 8.68. The zero-order chi connectivity index (χ0) is 3.58. The van der Waals surface area contributed by atoms with E-state index in [1.807, 2.05) is 0 Å². The van der Waals surface area contributed by atoms with Crippen molar-refractivity contribution in [1.29, 1.82) is 0 Å². The Kier molecular flexibility index (Phi) is 12.0. The molecule has 0 saturated carbocycles. The molecule has 0 fully saturated rings. The summed E-state index contributed by atoms with van der Waals surface area (Å²) in [6.45, 7) is 0. The summed E-state index contributed by atoms with van der Waals surface area (Å²) in [7, 11) is 0. The van der Waals surface area contributed by atoms with Crippen LogP contribution in [0.15, 0.2) is 0 Å². The van der Waals surface area contributed by atoms with Gasteiger partial charge in [-0.3, -0.25) is 0 Å². The van der Waals surface area contributed by atoms with Crippen LogP contribution in [0.4, 0.5) is 0 Å². The van der Waals surface area contributed by atoms with E-state index in [9.17, 15) is 0 Å². The van der Waals surface area contributed by atoms with Gasteiger partial charge in [-0.15, -0.1) is 0 Å². The third kappa shape index (κ3) is 24.3. The first kappa shape index (κ1) is 10.0. The summed E-state index contributed by atoms with van der Waals surface area (Å²) < 4.78 is 24.5.